The lowest BCUT2D eigenvalue weighted by Gasteiger charge is -2.50. The Morgan fingerprint density at radius 1 is 1.00 bits per heavy atom. The summed E-state index contributed by atoms with van der Waals surface area (Å²) in [6.45, 7) is 6.62. The lowest BCUT2D eigenvalue weighted by molar-refractivity contribution is -0.188. The van der Waals surface area contributed by atoms with E-state index in [-0.39, 0.29) is 12.0 Å². The Kier molecular flexibility index (Phi) is 7.11. The van der Waals surface area contributed by atoms with Crippen LogP contribution in [0.4, 0.5) is 0 Å². The summed E-state index contributed by atoms with van der Waals surface area (Å²) in [6.07, 6.45) is 1.14. The average Bonchev–Trinajstić information content (AvgIpc) is 2.89. The van der Waals surface area contributed by atoms with Gasteiger partial charge in [-0.05, 0) is 88.1 Å². The number of ether oxygens (including phenoxy) is 4. The summed E-state index contributed by atoms with van der Waals surface area (Å²) in [4.78, 5) is 12.3. The highest BCUT2D eigenvalue weighted by atomic mass is 16.5. The minimum Gasteiger partial charge on any atom is -0.494 e. The number of para-hydroxylation sites is 1. The number of hydrogen-bond donors (Lipinski definition) is 1. The standard InChI is InChI=1S/C31H34O6/c1-4-34-21-13-10-20(11-14-21)12-16-27-25(30(32)33)19-26-29(36-27)24-18-23(35-22-8-6-5-7-9-22)15-17-28(24)37-31(26,2)3/h5-11,13-15,17-18,25-27,29H,4,12,16,19H2,1-3H3,(H,32,33)/t25-,26-,27-,29+/m0/s1. The molecule has 0 amide bonds. The number of hydrogen-bond acceptors (Lipinski definition) is 5. The Morgan fingerprint density at radius 3 is 2.43 bits per heavy atom. The molecule has 4 atom stereocenters. The molecule has 2 aliphatic heterocycles. The van der Waals surface area contributed by atoms with E-state index in [4.69, 9.17) is 18.9 Å². The van der Waals surface area contributed by atoms with Crippen molar-refractivity contribution in [2.45, 2.75) is 57.8 Å². The number of aryl methyl sites for hydroxylation is 1. The molecule has 2 aliphatic rings. The van der Waals surface area contributed by atoms with Gasteiger partial charge >= 0.3 is 5.97 Å². The van der Waals surface area contributed by atoms with Crippen molar-refractivity contribution in [2.75, 3.05) is 6.61 Å². The van der Waals surface area contributed by atoms with E-state index in [1.807, 2.05) is 93.6 Å². The third kappa shape index (κ3) is 5.44. The first-order chi connectivity index (χ1) is 17.8. The van der Waals surface area contributed by atoms with Crippen LogP contribution in [0.3, 0.4) is 0 Å². The predicted molar refractivity (Wildman–Crippen MR) is 140 cm³/mol. The molecule has 6 heteroatoms. The molecule has 0 spiro atoms. The molecule has 194 valence electrons. The highest BCUT2D eigenvalue weighted by Crippen LogP contribution is 2.53. The SMILES string of the molecule is CCOc1ccc(CC[C@@H]2O[C@@H]3c4cc(Oc5ccccc5)ccc4OC(C)(C)[C@H]3C[C@@H]2C(=O)O)cc1. The fraction of sp³-hybridized carbons (Fsp3) is 0.387. The molecule has 0 aliphatic carbocycles. The van der Waals surface area contributed by atoms with Crippen LogP contribution in [0.2, 0.25) is 0 Å². The van der Waals surface area contributed by atoms with Gasteiger partial charge in [-0.25, -0.2) is 0 Å². The molecule has 0 bridgehead atoms. The second-order valence-corrected chi connectivity index (χ2v) is 10.3. The Labute approximate surface area is 218 Å². The Balaban J connectivity index is 1.39. The van der Waals surface area contributed by atoms with Crippen molar-refractivity contribution in [2.24, 2.45) is 11.8 Å². The zero-order chi connectivity index (χ0) is 26.0. The molecule has 0 radical (unpaired) electrons. The Hall–Kier alpha value is -3.51. The van der Waals surface area contributed by atoms with Gasteiger partial charge in [0.25, 0.3) is 0 Å². The third-order valence-corrected chi connectivity index (χ3v) is 7.45. The van der Waals surface area contributed by atoms with Crippen molar-refractivity contribution in [3.05, 3.63) is 83.9 Å². The fourth-order valence-corrected chi connectivity index (χ4v) is 5.51. The first-order valence-electron chi connectivity index (χ1n) is 13.0. The molecule has 0 unspecified atom stereocenters. The van der Waals surface area contributed by atoms with Gasteiger partial charge in [0.05, 0.1) is 24.7 Å². The van der Waals surface area contributed by atoms with Gasteiger partial charge in [-0.1, -0.05) is 30.3 Å². The van der Waals surface area contributed by atoms with Crippen LogP contribution in [-0.4, -0.2) is 29.4 Å². The van der Waals surface area contributed by atoms with E-state index in [9.17, 15) is 9.90 Å². The van der Waals surface area contributed by atoms with Gasteiger partial charge in [-0.3, -0.25) is 4.79 Å². The van der Waals surface area contributed by atoms with Crippen LogP contribution in [0.25, 0.3) is 0 Å². The van der Waals surface area contributed by atoms with Crippen LogP contribution in [0.15, 0.2) is 72.8 Å². The van der Waals surface area contributed by atoms with Crippen molar-refractivity contribution in [1.29, 1.82) is 0 Å². The Morgan fingerprint density at radius 2 is 1.73 bits per heavy atom. The zero-order valence-corrected chi connectivity index (χ0v) is 21.6. The summed E-state index contributed by atoms with van der Waals surface area (Å²) >= 11 is 0. The van der Waals surface area contributed by atoms with Gasteiger partial charge in [-0.15, -0.1) is 0 Å². The molecule has 6 nitrogen and oxygen atoms in total. The van der Waals surface area contributed by atoms with Gasteiger partial charge in [0.1, 0.15) is 28.6 Å². The van der Waals surface area contributed by atoms with E-state index in [0.29, 0.717) is 25.2 Å². The molecule has 3 aromatic rings. The summed E-state index contributed by atoms with van der Waals surface area (Å²) < 4.78 is 24.7. The van der Waals surface area contributed by atoms with E-state index in [1.165, 1.54) is 0 Å². The lowest BCUT2D eigenvalue weighted by Crippen LogP contribution is -2.52. The van der Waals surface area contributed by atoms with E-state index in [0.717, 1.165) is 34.8 Å². The minimum atomic E-state index is -0.821. The molecule has 1 N–H and O–H groups in total. The van der Waals surface area contributed by atoms with Crippen LogP contribution in [0.5, 0.6) is 23.0 Å². The number of carbonyl (C=O) groups is 1. The smallest absolute Gasteiger partial charge is 0.309 e. The molecule has 37 heavy (non-hydrogen) atoms. The molecule has 0 saturated carbocycles. The van der Waals surface area contributed by atoms with Gasteiger partial charge in [0.15, 0.2) is 0 Å². The maximum atomic E-state index is 12.3. The first kappa shape index (κ1) is 25.2. The molecule has 1 fully saturated rings. The van der Waals surface area contributed by atoms with Crippen LogP contribution in [0, 0.1) is 11.8 Å². The van der Waals surface area contributed by atoms with Crippen molar-refractivity contribution >= 4 is 5.97 Å². The molecule has 2 heterocycles. The van der Waals surface area contributed by atoms with Crippen LogP contribution in [-0.2, 0) is 16.0 Å². The van der Waals surface area contributed by atoms with Crippen molar-refractivity contribution in [3.8, 4) is 23.0 Å². The predicted octanol–water partition coefficient (Wildman–Crippen LogP) is 6.83. The number of carboxylic acids is 1. The van der Waals surface area contributed by atoms with Gasteiger partial charge < -0.3 is 24.1 Å². The van der Waals surface area contributed by atoms with Gasteiger partial charge in [-0.2, -0.15) is 0 Å². The normalized spacial score (nSPS) is 23.8. The van der Waals surface area contributed by atoms with Crippen LogP contribution in [0.1, 0.15) is 50.8 Å². The van der Waals surface area contributed by atoms with Gasteiger partial charge in [0, 0.05) is 11.5 Å². The number of rotatable bonds is 8. The van der Waals surface area contributed by atoms with Crippen molar-refractivity contribution in [1.82, 2.24) is 0 Å². The Bertz CT molecular complexity index is 1220. The number of carboxylic acid groups (broad SMARTS) is 1. The lowest BCUT2D eigenvalue weighted by atomic mass is 9.71. The van der Waals surface area contributed by atoms with Crippen molar-refractivity contribution in [3.63, 3.8) is 0 Å². The maximum Gasteiger partial charge on any atom is 0.309 e. The number of benzene rings is 3. The highest BCUT2D eigenvalue weighted by Gasteiger charge is 2.52. The third-order valence-electron chi connectivity index (χ3n) is 7.45. The van der Waals surface area contributed by atoms with E-state index in [1.54, 1.807) is 0 Å². The fourth-order valence-electron chi connectivity index (χ4n) is 5.51. The molecule has 5 rings (SSSR count). The summed E-state index contributed by atoms with van der Waals surface area (Å²) in [5.41, 5.74) is 1.48. The topological polar surface area (TPSA) is 74.2 Å². The number of aliphatic carboxylic acids is 1. The van der Waals surface area contributed by atoms with Gasteiger partial charge in [0.2, 0.25) is 0 Å². The number of fused-ring (bicyclic) bond motifs is 3. The quantitative estimate of drug-likeness (QED) is 0.364. The van der Waals surface area contributed by atoms with Crippen molar-refractivity contribution < 1.29 is 28.8 Å². The average molecular weight is 503 g/mol. The summed E-state index contributed by atoms with van der Waals surface area (Å²) in [7, 11) is 0. The highest BCUT2D eigenvalue weighted by molar-refractivity contribution is 5.71. The van der Waals surface area contributed by atoms with Crippen LogP contribution >= 0.6 is 0 Å². The second kappa shape index (κ2) is 10.5. The molecular weight excluding hydrogens is 468 g/mol. The molecule has 3 aromatic carbocycles. The molecule has 0 aromatic heterocycles. The zero-order valence-electron chi connectivity index (χ0n) is 21.6. The monoisotopic (exact) mass is 502 g/mol. The molecule has 1 saturated heterocycles. The first-order valence-corrected chi connectivity index (χ1v) is 13.0. The minimum absolute atomic E-state index is 0.102. The second-order valence-electron chi connectivity index (χ2n) is 10.3. The molecular formula is C31H34O6. The summed E-state index contributed by atoms with van der Waals surface area (Å²) in [6, 6.07) is 23.4. The van der Waals surface area contributed by atoms with E-state index in [2.05, 4.69) is 0 Å². The summed E-state index contributed by atoms with van der Waals surface area (Å²) in [5, 5.41) is 10.1. The maximum absolute atomic E-state index is 12.3. The van der Waals surface area contributed by atoms with E-state index >= 15 is 0 Å². The largest absolute Gasteiger partial charge is 0.494 e. The summed E-state index contributed by atoms with van der Waals surface area (Å²) in [5.74, 6) is 1.51. The van der Waals surface area contributed by atoms with Crippen LogP contribution < -0.4 is 14.2 Å². The van der Waals surface area contributed by atoms with E-state index < -0.39 is 23.6 Å².